The fourth-order valence-corrected chi connectivity index (χ4v) is 1.76. The number of pyridine rings is 1. The molecule has 2 rings (SSSR count). The lowest BCUT2D eigenvalue weighted by Gasteiger charge is -2.06. The number of aryl methyl sites for hydroxylation is 1. The maximum absolute atomic E-state index is 10.7. The van der Waals surface area contributed by atoms with Gasteiger partial charge in [-0.05, 0) is 30.7 Å². The van der Waals surface area contributed by atoms with Gasteiger partial charge in [0.1, 0.15) is 5.75 Å². The minimum atomic E-state index is -0.845. The highest BCUT2D eigenvalue weighted by molar-refractivity contribution is 5.82. The van der Waals surface area contributed by atoms with Gasteiger partial charge in [-0.1, -0.05) is 0 Å². The van der Waals surface area contributed by atoms with Crippen LogP contribution in [0, 0.1) is 6.92 Å². The molecule has 1 aromatic heterocycles. The molecule has 1 heterocycles. The lowest BCUT2D eigenvalue weighted by molar-refractivity contribution is -0.136. The van der Waals surface area contributed by atoms with Crippen molar-refractivity contribution in [3.63, 3.8) is 0 Å². The van der Waals surface area contributed by atoms with Gasteiger partial charge in [-0.15, -0.1) is 0 Å². The molecule has 2 aromatic rings. The molecule has 0 aliphatic heterocycles. The third kappa shape index (κ3) is 2.36. The van der Waals surface area contributed by atoms with Gasteiger partial charge in [-0.3, -0.25) is 9.78 Å². The average Bonchev–Trinajstić information content (AvgIpc) is 2.29. The van der Waals surface area contributed by atoms with Crippen molar-refractivity contribution in [2.24, 2.45) is 0 Å². The summed E-state index contributed by atoms with van der Waals surface area (Å²) in [4.78, 5) is 15.1. The van der Waals surface area contributed by atoms with Gasteiger partial charge in [0.15, 0.2) is 0 Å². The van der Waals surface area contributed by atoms with E-state index in [1.165, 1.54) is 0 Å². The standard InChI is InChI=1S/C13H13NO3/c1-8-10(6-13(15)16)5-9-3-4-11(17-2)7-12(9)14-8/h3-5,7H,6H2,1-2H3,(H,15,16). The number of methoxy groups -OCH3 is 1. The summed E-state index contributed by atoms with van der Waals surface area (Å²) in [6, 6.07) is 7.42. The van der Waals surface area contributed by atoms with Gasteiger partial charge >= 0.3 is 5.97 Å². The van der Waals surface area contributed by atoms with Gasteiger partial charge in [0.2, 0.25) is 0 Å². The van der Waals surface area contributed by atoms with Crippen LogP contribution < -0.4 is 4.74 Å². The van der Waals surface area contributed by atoms with E-state index in [0.29, 0.717) is 0 Å². The normalized spacial score (nSPS) is 10.5. The zero-order valence-corrected chi connectivity index (χ0v) is 9.73. The molecule has 88 valence electrons. The third-order valence-electron chi connectivity index (χ3n) is 2.66. The lowest BCUT2D eigenvalue weighted by atomic mass is 10.1. The van der Waals surface area contributed by atoms with Crippen molar-refractivity contribution in [1.29, 1.82) is 0 Å². The van der Waals surface area contributed by atoms with Crippen molar-refractivity contribution >= 4 is 16.9 Å². The zero-order valence-electron chi connectivity index (χ0n) is 9.73. The highest BCUT2D eigenvalue weighted by Crippen LogP contribution is 2.21. The second-order valence-corrected chi connectivity index (χ2v) is 3.86. The Balaban J connectivity index is 2.54. The van der Waals surface area contributed by atoms with Gasteiger partial charge in [-0.25, -0.2) is 0 Å². The first-order valence-electron chi connectivity index (χ1n) is 5.26. The number of carboxylic acid groups (broad SMARTS) is 1. The largest absolute Gasteiger partial charge is 0.497 e. The van der Waals surface area contributed by atoms with E-state index in [0.717, 1.165) is 27.9 Å². The number of aromatic nitrogens is 1. The summed E-state index contributed by atoms with van der Waals surface area (Å²) in [6.45, 7) is 1.82. The van der Waals surface area contributed by atoms with E-state index in [1.54, 1.807) is 7.11 Å². The molecule has 0 radical (unpaired) electrons. The first-order chi connectivity index (χ1) is 8.10. The number of fused-ring (bicyclic) bond motifs is 1. The van der Waals surface area contributed by atoms with Gasteiger partial charge in [-0.2, -0.15) is 0 Å². The molecule has 0 fully saturated rings. The number of hydrogen-bond donors (Lipinski definition) is 1. The number of carbonyl (C=O) groups is 1. The number of nitrogens with zero attached hydrogens (tertiary/aromatic N) is 1. The molecule has 0 aliphatic rings. The molecule has 0 bridgehead atoms. The molecule has 0 aliphatic carbocycles. The minimum Gasteiger partial charge on any atom is -0.497 e. The van der Waals surface area contributed by atoms with E-state index in [1.807, 2.05) is 31.2 Å². The fraction of sp³-hybridized carbons (Fsp3) is 0.231. The van der Waals surface area contributed by atoms with Crippen LogP contribution in [0.2, 0.25) is 0 Å². The summed E-state index contributed by atoms with van der Waals surface area (Å²) in [5.41, 5.74) is 2.30. The van der Waals surface area contributed by atoms with E-state index in [-0.39, 0.29) is 6.42 Å². The molecule has 0 unspecified atom stereocenters. The van der Waals surface area contributed by atoms with Crippen LogP contribution in [0.15, 0.2) is 24.3 Å². The minimum absolute atomic E-state index is 0.000796. The van der Waals surface area contributed by atoms with Gasteiger partial charge < -0.3 is 9.84 Å². The second kappa shape index (κ2) is 4.41. The number of aliphatic carboxylic acids is 1. The molecule has 0 atom stereocenters. The maximum atomic E-state index is 10.7. The third-order valence-corrected chi connectivity index (χ3v) is 2.66. The van der Waals surface area contributed by atoms with Crippen LogP contribution in [0.1, 0.15) is 11.3 Å². The van der Waals surface area contributed by atoms with Crippen molar-refractivity contribution in [3.05, 3.63) is 35.5 Å². The molecule has 0 saturated carbocycles. The van der Waals surface area contributed by atoms with Gasteiger partial charge in [0.25, 0.3) is 0 Å². The predicted molar refractivity (Wildman–Crippen MR) is 64.4 cm³/mol. The summed E-state index contributed by atoms with van der Waals surface area (Å²) >= 11 is 0. The van der Waals surface area contributed by atoms with Crippen molar-refractivity contribution in [3.8, 4) is 5.75 Å². The molecular formula is C13H13NO3. The van der Waals surface area contributed by atoms with Crippen LogP contribution in [0.4, 0.5) is 0 Å². The summed E-state index contributed by atoms with van der Waals surface area (Å²) in [5, 5.41) is 9.72. The second-order valence-electron chi connectivity index (χ2n) is 3.86. The Bertz CT molecular complexity index is 578. The molecule has 1 aromatic carbocycles. The molecule has 0 spiro atoms. The van der Waals surface area contributed by atoms with Crippen LogP contribution in [0.25, 0.3) is 10.9 Å². The first kappa shape index (κ1) is 11.4. The van der Waals surface area contributed by atoms with Gasteiger partial charge in [0.05, 0.1) is 19.0 Å². The molecule has 0 amide bonds. The number of rotatable bonds is 3. The molecule has 4 heteroatoms. The molecule has 1 N–H and O–H groups in total. The Morgan fingerprint density at radius 2 is 2.18 bits per heavy atom. The van der Waals surface area contributed by atoms with E-state index in [9.17, 15) is 4.79 Å². The lowest BCUT2D eigenvalue weighted by Crippen LogP contribution is -2.03. The van der Waals surface area contributed by atoms with Crippen LogP contribution in [-0.4, -0.2) is 23.2 Å². The molecule has 17 heavy (non-hydrogen) atoms. The maximum Gasteiger partial charge on any atom is 0.307 e. The molecular weight excluding hydrogens is 218 g/mol. The van der Waals surface area contributed by atoms with Crippen LogP contribution >= 0.6 is 0 Å². The van der Waals surface area contributed by atoms with Crippen molar-refractivity contribution in [1.82, 2.24) is 4.98 Å². The summed E-state index contributed by atoms with van der Waals surface area (Å²) in [5.74, 6) is -0.0989. The Morgan fingerprint density at radius 3 is 2.82 bits per heavy atom. The highest BCUT2D eigenvalue weighted by Gasteiger charge is 2.07. The van der Waals surface area contributed by atoms with E-state index in [2.05, 4.69) is 4.98 Å². The quantitative estimate of drug-likeness (QED) is 0.879. The smallest absolute Gasteiger partial charge is 0.307 e. The van der Waals surface area contributed by atoms with Crippen LogP contribution in [-0.2, 0) is 11.2 Å². The summed E-state index contributed by atoms with van der Waals surface area (Å²) in [7, 11) is 1.60. The highest BCUT2D eigenvalue weighted by atomic mass is 16.5. The van der Waals surface area contributed by atoms with Crippen LogP contribution in [0.3, 0.4) is 0 Å². The average molecular weight is 231 g/mol. The van der Waals surface area contributed by atoms with Crippen LogP contribution in [0.5, 0.6) is 5.75 Å². The topological polar surface area (TPSA) is 59.4 Å². The van der Waals surface area contributed by atoms with Crippen molar-refractivity contribution in [2.75, 3.05) is 7.11 Å². The Kier molecular flexibility index (Phi) is 2.95. The molecule has 4 nitrogen and oxygen atoms in total. The SMILES string of the molecule is COc1ccc2cc(CC(=O)O)c(C)nc2c1. The predicted octanol–water partition coefficient (Wildman–Crippen LogP) is 2.18. The Morgan fingerprint density at radius 1 is 1.41 bits per heavy atom. The Labute approximate surface area is 98.9 Å². The molecule has 0 saturated heterocycles. The summed E-state index contributed by atoms with van der Waals surface area (Å²) < 4.78 is 5.12. The van der Waals surface area contributed by atoms with Crippen molar-refractivity contribution < 1.29 is 14.6 Å². The number of ether oxygens (including phenoxy) is 1. The fourth-order valence-electron chi connectivity index (χ4n) is 1.76. The van der Waals surface area contributed by atoms with Crippen molar-refractivity contribution in [2.45, 2.75) is 13.3 Å². The zero-order chi connectivity index (χ0) is 12.4. The monoisotopic (exact) mass is 231 g/mol. The number of hydrogen-bond acceptors (Lipinski definition) is 3. The number of benzene rings is 1. The van der Waals surface area contributed by atoms with E-state index < -0.39 is 5.97 Å². The van der Waals surface area contributed by atoms with Gasteiger partial charge in [0, 0.05) is 17.1 Å². The first-order valence-corrected chi connectivity index (χ1v) is 5.26. The van der Waals surface area contributed by atoms with E-state index in [4.69, 9.17) is 9.84 Å². The van der Waals surface area contributed by atoms with E-state index >= 15 is 0 Å². The number of carboxylic acids is 1. The Hall–Kier alpha value is -2.10. The summed E-state index contributed by atoms with van der Waals surface area (Å²) in [6.07, 6.45) is 0.000796.